The van der Waals surface area contributed by atoms with E-state index >= 15 is 0 Å². The molecule has 94 valence electrons. The van der Waals surface area contributed by atoms with E-state index in [2.05, 4.69) is 15.1 Å². The van der Waals surface area contributed by atoms with Crippen LogP contribution in [0.3, 0.4) is 0 Å². The van der Waals surface area contributed by atoms with Crippen molar-refractivity contribution in [2.75, 3.05) is 5.73 Å². The summed E-state index contributed by atoms with van der Waals surface area (Å²) in [4.78, 5) is 19.3. The summed E-state index contributed by atoms with van der Waals surface area (Å²) in [6, 6.07) is 1.76. The Kier molecular flexibility index (Phi) is 2.97. The minimum atomic E-state index is -1.16. The van der Waals surface area contributed by atoms with Gasteiger partial charge in [-0.25, -0.2) is 19.4 Å². The molecule has 0 aromatic carbocycles. The van der Waals surface area contributed by atoms with Crippen LogP contribution in [0.15, 0.2) is 12.3 Å². The maximum atomic E-state index is 10.9. The second kappa shape index (κ2) is 4.44. The van der Waals surface area contributed by atoms with Crippen molar-refractivity contribution in [1.82, 2.24) is 19.7 Å². The zero-order valence-electron chi connectivity index (χ0n) is 10.1. The zero-order valence-corrected chi connectivity index (χ0v) is 10.1. The number of rotatable bonds is 3. The first-order chi connectivity index (χ1) is 8.51. The summed E-state index contributed by atoms with van der Waals surface area (Å²) in [6.07, 6.45) is 2.20. The summed E-state index contributed by atoms with van der Waals surface area (Å²) in [7, 11) is 0. The number of anilines is 1. The lowest BCUT2D eigenvalue weighted by Crippen LogP contribution is -2.06. The normalized spacial score (nSPS) is 10.6. The predicted molar refractivity (Wildman–Crippen MR) is 64.6 cm³/mol. The molecule has 2 aromatic heterocycles. The van der Waals surface area contributed by atoms with Gasteiger partial charge in [0.15, 0.2) is 11.5 Å². The summed E-state index contributed by atoms with van der Waals surface area (Å²) < 4.78 is 1.35. The number of carboxylic acids is 1. The fraction of sp³-hybridized carbons (Fsp3) is 0.273. The molecule has 0 bridgehead atoms. The van der Waals surface area contributed by atoms with Crippen LogP contribution in [-0.4, -0.2) is 30.8 Å². The maximum absolute atomic E-state index is 10.9. The molecule has 7 nitrogen and oxygen atoms in total. The third kappa shape index (κ3) is 2.15. The standard InChI is InChI=1S/C11H13N5O2/c1-3-7-4-9(14-6(2)13-7)16-5-8(12)10(15-16)11(17)18/h4-5H,3,12H2,1-2H3,(H,17,18). The molecule has 0 saturated carbocycles. The zero-order chi connectivity index (χ0) is 13.3. The van der Waals surface area contributed by atoms with Gasteiger partial charge in [-0.05, 0) is 13.3 Å². The van der Waals surface area contributed by atoms with Crippen molar-refractivity contribution < 1.29 is 9.90 Å². The number of hydrogen-bond donors (Lipinski definition) is 2. The number of hydrogen-bond acceptors (Lipinski definition) is 5. The van der Waals surface area contributed by atoms with Gasteiger partial charge in [0.2, 0.25) is 0 Å². The van der Waals surface area contributed by atoms with E-state index in [1.54, 1.807) is 13.0 Å². The number of nitrogens with two attached hydrogens (primary N) is 1. The molecule has 0 aliphatic heterocycles. The molecule has 0 amide bonds. The molecular formula is C11H13N5O2. The molecule has 2 rings (SSSR count). The van der Waals surface area contributed by atoms with Gasteiger partial charge in [0, 0.05) is 11.8 Å². The van der Waals surface area contributed by atoms with Gasteiger partial charge in [0.05, 0.1) is 11.9 Å². The third-order valence-corrected chi connectivity index (χ3v) is 2.42. The molecule has 0 atom stereocenters. The van der Waals surface area contributed by atoms with E-state index in [0.717, 1.165) is 12.1 Å². The Bertz CT molecular complexity index is 605. The van der Waals surface area contributed by atoms with Crippen molar-refractivity contribution in [3.63, 3.8) is 0 Å². The lowest BCUT2D eigenvalue weighted by atomic mass is 10.3. The highest BCUT2D eigenvalue weighted by Gasteiger charge is 2.15. The van der Waals surface area contributed by atoms with E-state index in [9.17, 15) is 4.79 Å². The number of carbonyl (C=O) groups is 1. The number of carboxylic acid groups (broad SMARTS) is 1. The second-order valence-electron chi connectivity index (χ2n) is 3.80. The molecule has 0 fully saturated rings. The van der Waals surface area contributed by atoms with Crippen LogP contribution in [0, 0.1) is 6.92 Å². The number of aromatic carboxylic acids is 1. The first-order valence-electron chi connectivity index (χ1n) is 5.44. The topological polar surface area (TPSA) is 107 Å². The van der Waals surface area contributed by atoms with Crippen molar-refractivity contribution in [3.05, 3.63) is 29.5 Å². The van der Waals surface area contributed by atoms with Crippen molar-refractivity contribution in [1.29, 1.82) is 0 Å². The highest BCUT2D eigenvalue weighted by Crippen LogP contribution is 2.13. The van der Waals surface area contributed by atoms with Crippen molar-refractivity contribution >= 4 is 11.7 Å². The highest BCUT2D eigenvalue weighted by molar-refractivity contribution is 5.91. The first kappa shape index (κ1) is 12.0. The highest BCUT2D eigenvalue weighted by atomic mass is 16.4. The fourth-order valence-corrected chi connectivity index (χ4v) is 1.58. The van der Waals surface area contributed by atoms with E-state index in [1.807, 2.05) is 6.92 Å². The average molecular weight is 247 g/mol. The van der Waals surface area contributed by atoms with E-state index in [-0.39, 0.29) is 11.4 Å². The number of nitrogen functional groups attached to an aromatic ring is 1. The Labute approximate surface area is 103 Å². The first-order valence-corrected chi connectivity index (χ1v) is 5.44. The van der Waals surface area contributed by atoms with Crippen LogP contribution in [0.4, 0.5) is 5.69 Å². The molecule has 0 radical (unpaired) electrons. The molecule has 18 heavy (non-hydrogen) atoms. The summed E-state index contributed by atoms with van der Waals surface area (Å²) in [6.45, 7) is 3.75. The SMILES string of the molecule is CCc1cc(-n2cc(N)c(C(=O)O)n2)nc(C)n1. The Balaban J connectivity index is 2.51. The number of aryl methyl sites for hydroxylation is 2. The Hall–Kier alpha value is -2.44. The molecular weight excluding hydrogens is 234 g/mol. The molecule has 2 aromatic rings. The lowest BCUT2D eigenvalue weighted by molar-refractivity contribution is 0.0691. The van der Waals surface area contributed by atoms with E-state index in [1.165, 1.54) is 10.9 Å². The quantitative estimate of drug-likeness (QED) is 0.831. The van der Waals surface area contributed by atoms with Gasteiger partial charge in [-0.2, -0.15) is 5.10 Å². The molecule has 3 N–H and O–H groups in total. The van der Waals surface area contributed by atoms with E-state index in [4.69, 9.17) is 10.8 Å². The van der Waals surface area contributed by atoms with Crippen LogP contribution in [0.5, 0.6) is 0 Å². The van der Waals surface area contributed by atoms with Crippen molar-refractivity contribution in [3.8, 4) is 5.82 Å². The molecule has 2 heterocycles. The lowest BCUT2D eigenvalue weighted by Gasteiger charge is -2.03. The van der Waals surface area contributed by atoms with Gasteiger partial charge >= 0.3 is 5.97 Å². The molecule has 0 spiro atoms. The molecule has 7 heteroatoms. The monoisotopic (exact) mass is 247 g/mol. The molecule has 0 aliphatic carbocycles. The second-order valence-corrected chi connectivity index (χ2v) is 3.80. The van der Waals surface area contributed by atoms with E-state index < -0.39 is 5.97 Å². The maximum Gasteiger partial charge on any atom is 0.358 e. The minimum Gasteiger partial charge on any atom is -0.476 e. The van der Waals surface area contributed by atoms with Crippen LogP contribution >= 0.6 is 0 Å². The van der Waals surface area contributed by atoms with E-state index in [0.29, 0.717) is 11.6 Å². The van der Waals surface area contributed by atoms with Crippen molar-refractivity contribution in [2.24, 2.45) is 0 Å². The Morgan fingerprint density at radius 1 is 1.50 bits per heavy atom. The van der Waals surface area contributed by atoms with Crippen LogP contribution < -0.4 is 5.73 Å². The summed E-state index contributed by atoms with van der Waals surface area (Å²) in [5.74, 6) is -0.0402. The molecule has 0 saturated heterocycles. The third-order valence-electron chi connectivity index (χ3n) is 2.42. The Morgan fingerprint density at radius 3 is 2.78 bits per heavy atom. The largest absolute Gasteiger partial charge is 0.476 e. The molecule has 0 unspecified atom stereocenters. The summed E-state index contributed by atoms with van der Waals surface area (Å²) in [5, 5.41) is 12.8. The fourth-order valence-electron chi connectivity index (χ4n) is 1.58. The van der Waals surface area contributed by atoms with Crippen LogP contribution in [0.1, 0.15) is 28.9 Å². The molecule has 0 aliphatic rings. The van der Waals surface area contributed by atoms with Gasteiger partial charge in [0.1, 0.15) is 5.82 Å². The average Bonchev–Trinajstić information content (AvgIpc) is 2.70. The number of nitrogens with zero attached hydrogens (tertiary/aromatic N) is 4. The van der Waals surface area contributed by atoms with Crippen LogP contribution in [-0.2, 0) is 6.42 Å². The van der Waals surface area contributed by atoms with Crippen molar-refractivity contribution in [2.45, 2.75) is 20.3 Å². The number of aromatic nitrogens is 4. The Morgan fingerprint density at radius 2 is 2.22 bits per heavy atom. The van der Waals surface area contributed by atoms with Gasteiger partial charge in [0.25, 0.3) is 0 Å². The smallest absolute Gasteiger partial charge is 0.358 e. The summed E-state index contributed by atoms with van der Waals surface area (Å²) >= 11 is 0. The predicted octanol–water partition coefficient (Wildman–Crippen LogP) is 0.814. The van der Waals surface area contributed by atoms with Gasteiger partial charge in [-0.15, -0.1) is 0 Å². The van der Waals surface area contributed by atoms with Gasteiger partial charge in [-0.1, -0.05) is 6.92 Å². The minimum absolute atomic E-state index is 0.108. The summed E-state index contributed by atoms with van der Waals surface area (Å²) in [5.41, 5.74) is 6.38. The van der Waals surface area contributed by atoms with Crippen LogP contribution in [0.25, 0.3) is 5.82 Å². The van der Waals surface area contributed by atoms with Gasteiger partial charge < -0.3 is 10.8 Å². The van der Waals surface area contributed by atoms with Crippen LogP contribution in [0.2, 0.25) is 0 Å². The van der Waals surface area contributed by atoms with Gasteiger partial charge in [-0.3, -0.25) is 0 Å².